The molecule has 0 saturated heterocycles. The van der Waals surface area contributed by atoms with Crippen molar-refractivity contribution in [3.63, 3.8) is 0 Å². The molecule has 0 spiro atoms. The summed E-state index contributed by atoms with van der Waals surface area (Å²) < 4.78 is 42.9. The van der Waals surface area contributed by atoms with Crippen LogP contribution in [0.15, 0.2) is 38.2 Å². The van der Waals surface area contributed by atoms with Crippen molar-refractivity contribution in [3.8, 4) is 5.69 Å². The van der Waals surface area contributed by atoms with Crippen LogP contribution in [0, 0.1) is 20.8 Å². The average molecular weight is 498 g/mol. The molecule has 0 aromatic heterocycles. The number of hydrogen-bond donors (Lipinski definition) is 1. The summed E-state index contributed by atoms with van der Waals surface area (Å²) in [6.45, 7) is 5.39. The Labute approximate surface area is 196 Å². The molecule has 174 valence electrons. The lowest BCUT2D eigenvalue weighted by molar-refractivity contribution is 0.452. The van der Waals surface area contributed by atoms with Gasteiger partial charge >= 0.3 is 5.69 Å². The van der Waals surface area contributed by atoms with E-state index < -0.39 is 15.7 Å². The number of unbranched alkanes of at least 4 members (excludes halogenated alkanes) is 4. The molecule has 0 unspecified atom stereocenters. The Kier molecular flexibility index (Phi) is 8.35. The molecule has 0 fully saturated rings. The van der Waals surface area contributed by atoms with Crippen molar-refractivity contribution in [3.05, 3.63) is 50.9 Å². The van der Waals surface area contributed by atoms with E-state index in [-0.39, 0.29) is 17.4 Å². The van der Waals surface area contributed by atoms with Gasteiger partial charge in [-0.25, -0.2) is 13.2 Å². The van der Waals surface area contributed by atoms with Crippen LogP contribution in [0.5, 0.6) is 0 Å². The minimum Gasteiger partial charge on any atom is -0.261 e. The topological polar surface area (TPSA) is 81.1 Å². The maximum Gasteiger partial charge on any atom is 0.354 e. The number of halogens is 1. The van der Waals surface area contributed by atoms with Crippen LogP contribution in [-0.4, -0.2) is 30.4 Å². The monoisotopic (exact) mass is 497 g/mol. The van der Waals surface area contributed by atoms with Crippen LogP contribution in [0.4, 0.5) is 10.2 Å². The number of nitrogens with zero attached hydrogens (tertiary/aromatic N) is 2. The molecule has 6 nitrogen and oxygen atoms in total. The molecular weight excluding hydrogens is 469 g/mol. The van der Waals surface area contributed by atoms with Crippen LogP contribution in [0.2, 0.25) is 0 Å². The number of anilines is 1. The van der Waals surface area contributed by atoms with E-state index in [2.05, 4.69) is 9.71 Å². The minimum absolute atomic E-state index is 0.0559. The van der Waals surface area contributed by atoms with Gasteiger partial charge in [0.15, 0.2) is 5.82 Å². The van der Waals surface area contributed by atoms with Crippen molar-refractivity contribution in [1.82, 2.24) is 9.55 Å². The molecule has 1 N–H and O–H groups in total. The fraction of sp³-hybridized carbons (Fsp3) is 0.455. The Morgan fingerprint density at radius 2 is 1.72 bits per heavy atom. The fourth-order valence-electron chi connectivity index (χ4n) is 3.28. The third-order valence-electron chi connectivity index (χ3n) is 5.20. The number of aromatic nitrogens is 2. The first-order valence-electron chi connectivity index (χ1n) is 10.6. The largest absolute Gasteiger partial charge is 0.354 e. The first-order valence-corrected chi connectivity index (χ1v) is 13.8. The molecule has 3 rings (SSSR count). The van der Waals surface area contributed by atoms with Crippen LogP contribution < -0.4 is 10.4 Å². The number of thioether (sulfide) groups is 1. The van der Waals surface area contributed by atoms with E-state index in [0.717, 1.165) is 51.8 Å². The van der Waals surface area contributed by atoms with Gasteiger partial charge in [-0.05, 0) is 51.5 Å². The molecule has 1 aromatic rings. The number of aryl methyl sites for hydroxylation is 2. The number of alkyl halides is 1. The zero-order valence-electron chi connectivity index (χ0n) is 18.5. The molecular formula is C22H28FN3O3S3. The molecule has 2 aliphatic heterocycles. The van der Waals surface area contributed by atoms with Gasteiger partial charge in [-0.15, -0.1) is 23.1 Å². The number of imidazole rings is 1. The van der Waals surface area contributed by atoms with E-state index in [0.29, 0.717) is 12.1 Å². The maximum absolute atomic E-state index is 12.9. The fourth-order valence-corrected chi connectivity index (χ4v) is 6.81. The molecule has 2 heterocycles. The summed E-state index contributed by atoms with van der Waals surface area (Å²) in [6.07, 6.45) is 4.48. The van der Waals surface area contributed by atoms with Crippen molar-refractivity contribution in [1.29, 1.82) is 0 Å². The molecule has 0 amide bonds. The summed E-state index contributed by atoms with van der Waals surface area (Å²) >= 11 is 3.13. The first kappa shape index (κ1) is 24.7. The predicted molar refractivity (Wildman–Crippen MR) is 130 cm³/mol. The third-order valence-corrected chi connectivity index (χ3v) is 9.09. The number of sulfonamides is 1. The zero-order valence-corrected chi connectivity index (χ0v) is 20.9. The molecule has 32 heavy (non-hydrogen) atoms. The molecule has 2 aliphatic rings. The summed E-state index contributed by atoms with van der Waals surface area (Å²) in [5.41, 5.74) is 1.71. The lowest BCUT2D eigenvalue weighted by Gasteiger charge is -2.16. The van der Waals surface area contributed by atoms with Crippen molar-refractivity contribution in [2.75, 3.05) is 17.1 Å². The zero-order chi connectivity index (χ0) is 23.3. The van der Waals surface area contributed by atoms with Crippen LogP contribution in [0.1, 0.15) is 48.2 Å². The van der Waals surface area contributed by atoms with Gasteiger partial charge in [0, 0.05) is 10.6 Å². The number of benzene rings is 1. The van der Waals surface area contributed by atoms with Gasteiger partial charge in [0.2, 0.25) is 0 Å². The van der Waals surface area contributed by atoms with Gasteiger partial charge in [-0.1, -0.05) is 37.0 Å². The van der Waals surface area contributed by atoms with E-state index in [4.69, 9.17) is 0 Å². The highest BCUT2D eigenvalue weighted by Crippen LogP contribution is 2.38. The molecule has 1 aromatic carbocycles. The van der Waals surface area contributed by atoms with Gasteiger partial charge in [0.25, 0.3) is 10.0 Å². The molecule has 0 atom stereocenters. The van der Waals surface area contributed by atoms with Crippen molar-refractivity contribution >= 4 is 38.9 Å². The third kappa shape index (κ3) is 5.71. The second kappa shape index (κ2) is 10.8. The standard InChI is InChI=1S/C22H28FN3O3S3/c1-15-9-11-18(12-10-15)32(28,29)25-20-19-21(30-14-8-6-4-5-7-13-23)31-17(3)16(2)26(19)22(27)24-20/h9-12H,4-8,13-14H2,1-3H3,(H,24,25,27). The Morgan fingerprint density at radius 1 is 1.06 bits per heavy atom. The van der Waals surface area contributed by atoms with E-state index in [1.165, 1.54) is 28.0 Å². The summed E-state index contributed by atoms with van der Waals surface area (Å²) in [7, 11) is -3.89. The van der Waals surface area contributed by atoms with Crippen LogP contribution in [0.3, 0.4) is 0 Å². The van der Waals surface area contributed by atoms with Gasteiger partial charge in [0.05, 0.1) is 15.8 Å². The first-order chi connectivity index (χ1) is 15.2. The summed E-state index contributed by atoms with van der Waals surface area (Å²) in [4.78, 5) is 17.8. The minimum atomic E-state index is -3.89. The highest BCUT2D eigenvalue weighted by molar-refractivity contribution is 8.01. The van der Waals surface area contributed by atoms with Crippen LogP contribution in [-0.2, 0) is 10.0 Å². The van der Waals surface area contributed by atoms with E-state index in [1.807, 2.05) is 20.8 Å². The van der Waals surface area contributed by atoms with Crippen LogP contribution in [0.25, 0.3) is 5.69 Å². The Morgan fingerprint density at radius 3 is 2.41 bits per heavy atom. The second-order valence-corrected chi connectivity index (χ2v) is 12.0. The van der Waals surface area contributed by atoms with Crippen molar-refractivity contribution in [2.45, 2.75) is 62.0 Å². The normalized spacial score (nSPS) is 11.9. The lowest BCUT2D eigenvalue weighted by atomic mass is 10.2. The SMILES string of the molecule is Cc1ccc(S(=O)(=O)Nc2nc(=O)n3c(C)c(C)sc(SCCCCCCCF)c2-3)cc1. The van der Waals surface area contributed by atoms with Crippen LogP contribution >= 0.6 is 23.1 Å². The van der Waals surface area contributed by atoms with E-state index in [1.54, 1.807) is 23.9 Å². The van der Waals surface area contributed by atoms with Crippen molar-refractivity contribution < 1.29 is 12.8 Å². The summed E-state index contributed by atoms with van der Waals surface area (Å²) in [5.74, 6) is 0.883. The summed E-state index contributed by atoms with van der Waals surface area (Å²) in [6, 6.07) is 6.52. The Bertz CT molecular complexity index is 1190. The smallest absolute Gasteiger partial charge is 0.261 e. The number of fused-ring (bicyclic) bond motifs is 1. The van der Waals surface area contributed by atoms with E-state index >= 15 is 0 Å². The second-order valence-electron chi connectivity index (χ2n) is 7.68. The Balaban J connectivity index is 1.87. The average Bonchev–Trinajstić information content (AvgIpc) is 3.06. The van der Waals surface area contributed by atoms with Crippen molar-refractivity contribution in [2.24, 2.45) is 0 Å². The maximum atomic E-state index is 12.9. The lowest BCUT2D eigenvalue weighted by Crippen LogP contribution is -2.17. The molecule has 10 heteroatoms. The van der Waals surface area contributed by atoms with Gasteiger partial charge in [0.1, 0.15) is 5.69 Å². The molecule has 0 saturated carbocycles. The van der Waals surface area contributed by atoms with Gasteiger partial charge < -0.3 is 0 Å². The predicted octanol–water partition coefficient (Wildman–Crippen LogP) is 5.47. The summed E-state index contributed by atoms with van der Waals surface area (Å²) in [5, 5.41) is 0. The quantitative estimate of drug-likeness (QED) is 0.281. The number of rotatable bonds is 11. The molecule has 0 bridgehead atoms. The molecule has 0 aliphatic carbocycles. The highest BCUT2D eigenvalue weighted by Gasteiger charge is 2.26. The van der Waals surface area contributed by atoms with Gasteiger partial charge in [-0.3, -0.25) is 13.7 Å². The molecule has 0 radical (unpaired) electrons. The Hall–Kier alpha value is -1.91. The van der Waals surface area contributed by atoms with E-state index in [9.17, 15) is 17.6 Å². The number of nitrogens with one attached hydrogen (secondary N) is 1. The van der Waals surface area contributed by atoms with Gasteiger partial charge in [-0.2, -0.15) is 4.98 Å². The number of hydrogen-bond acceptors (Lipinski definition) is 6. The highest BCUT2D eigenvalue weighted by atomic mass is 32.2.